The van der Waals surface area contributed by atoms with E-state index in [1.54, 1.807) is 0 Å². The van der Waals surface area contributed by atoms with Crippen molar-refractivity contribution in [2.45, 2.75) is 58.0 Å². The largest absolute Gasteiger partial charge is 0.461 e. The van der Waals surface area contributed by atoms with Gasteiger partial charge in [-0.15, -0.1) is 11.6 Å². The van der Waals surface area contributed by atoms with Gasteiger partial charge in [0.25, 0.3) is 0 Å². The lowest BCUT2D eigenvalue weighted by Crippen LogP contribution is -2.30. The highest BCUT2D eigenvalue weighted by Gasteiger charge is 2.47. The first-order chi connectivity index (χ1) is 8.24. The molecule has 0 unspecified atom stereocenters. The van der Waals surface area contributed by atoms with E-state index in [4.69, 9.17) is 16.3 Å². The Bertz CT molecular complexity index is 267. The van der Waals surface area contributed by atoms with E-state index >= 15 is 0 Å². The van der Waals surface area contributed by atoms with Crippen molar-refractivity contribution in [2.24, 2.45) is 17.8 Å². The molecule has 0 spiro atoms. The van der Waals surface area contributed by atoms with Crippen LogP contribution in [0.2, 0.25) is 0 Å². The molecule has 2 saturated carbocycles. The van der Waals surface area contributed by atoms with Crippen LogP contribution >= 0.6 is 11.6 Å². The van der Waals surface area contributed by atoms with E-state index in [9.17, 15) is 4.79 Å². The third kappa shape index (κ3) is 3.15. The molecule has 0 aliphatic heterocycles. The summed E-state index contributed by atoms with van der Waals surface area (Å²) in [5.74, 6) is 1.99. The summed E-state index contributed by atoms with van der Waals surface area (Å²) in [5.41, 5.74) is 0. The first kappa shape index (κ1) is 13.2. The summed E-state index contributed by atoms with van der Waals surface area (Å²) in [7, 11) is 0. The molecule has 4 atom stereocenters. The highest BCUT2D eigenvalue weighted by molar-refractivity contribution is 6.26. The maximum absolute atomic E-state index is 11.3. The summed E-state index contributed by atoms with van der Waals surface area (Å²) in [6, 6.07) is 0. The molecule has 17 heavy (non-hydrogen) atoms. The van der Waals surface area contributed by atoms with Crippen LogP contribution in [0.1, 0.15) is 51.9 Å². The molecule has 2 nitrogen and oxygen atoms in total. The molecule has 2 fully saturated rings. The Morgan fingerprint density at radius 2 is 2.12 bits per heavy atom. The molecule has 0 heterocycles. The van der Waals surface area contributed by atoms with E-state index in [2.05, 4.69) is 6.92 Å². The molecule has 0 saturated heterocycles. The Kier molecular flexibility index (Phi) is 4.72. The zero-order valence-corrected chi connectivity index (χ0v) is 11.4. The SMILES string of the molecule is CCCCC[C@H]1C[C@H]2C[C@@H]1[C@H](OC(=O)CCl)C2. The number of esters is 1. The summed E-state index contributed by atoms with van der Waals surface area (Å²) < 4.78 is 5.46. The van der Waals surface area contributed by atoms with Crippen LogP contribution in [0, 0.1) is 17.8 Å². The average molecular weight is 259 g/mol. The maximum Gasteiger partial charge on any atom is 0.321 e. The van der Waals surface area contributed by atoms with Gasteiger partial charge in [0.05, 0.1) is 0 Å². The number of hydrogen-bond donors (Lipinski definition) is 0. The summed E-state index contributed by atoms with van der Waals surface area (Å²) in [6.07, 6.45) is 9.17. The highest BCUT2D eigenvalue weighted by atomic mass is 35.5. The summed E-state index contributed by atoms with van der Waals surface area (Å²) in [5, 5.41) is 0. The molecule has 0 aromatic heterocycles. The Morgan fingerprint density at radius 3 is 2.76 bits per heavy atom. The maximum atomic E-state index is 11.3. The monoisotopic (exact) mass is 258 g/mol. The second-order valence-corrected chi connectivity index (χ2v) is 5.92. The number of unbranched alkanes of at least 4 members (excludes halogenated alkanes) is 2. The van der Waals surface area contributed by atoms with Crippen LogP contribution in [-0.4, -0.2) is 18.0 Å². The zero-order chi connectivity index (χ0) is 12.3. The van der Waals surface area contributed by atoms with Crippen LogP contribution in [0.25, 0.3) is 0 Å². The topological polar surface area (TPSA) is 26.3 Å². The molecule has 0 aromatic rings. The molecule has 98 valence electrons. The lowest BCUT2D eigenvalue weighted by molar-refractivity contribution is -0.149. The van der Waals surface area contributed by atoms with Gasteiger partial charge in [-0.1, -0.05) is 32.6 Å². The quantitative estimate of drug-likeness (QED) is 0.412. The van der Waals surface area contributed by atoms with Crippen molar-refractivity contribution in [1.82, 2.24) is 0 Å². The minimum absolute atomic E-state index is 0.00557. The summed E-state index contributed by atoms with van der Waals surface area (Å²) >= 11 is 5.50. The predicted molar refractivity (Wildman–Crippen MR) is 69.1 cm³/mol. The van der Waals surface area contributed by atoms with Gasteiger partial charge in [-0.05, 0) is 37.0 Å². The lowest BCUT2D eigenvalue weighted by Gasteiger charge is -2.29. The first-order valence-corrected chi connectivity index (χ1v) is 7.53. The average Bonchev–Trinajstić information content (AvgIpc) is 2.88. The molecule has 2 rings (SSSR count). The van der Waals surface area contributed by atoms with Gasteiger partial charge in [-0.2, -0.15) is 0 Å². The van der Waals surface area contributed by atoms with Crippen molar-refractivity contribution in [1.29, 1.82) is 0 Å². The Labute approximate surface area is 109 Å². The molecule has 0 amide bonds. The smallest absolute Gasteiger partial charge is 0.321 e. The number of ether oxygens (including phenoxy) is 1. The van der Waals surface area contributed by atoms with E-state index in [0.717, 1.165) is 18.3 Å². The highest BCUT2D eigenvalue weighted by Crippen LogP contribution is 2.51. The zero-order valence-electron chi connectivity index (χ0n) is 10.7. The van der Waals surface area contributed by atoms with Gasteiger partial charge in [-0.25, -0.2) is 0 Å². The number of alkyl halides is 1. The van der Waals surface area contributed by atoms with Crippen molar-refractivity contribution < 1.29 is 9.53 Å². The number of fused-ring (bicyclic) bond motifs is 2. The number of carbonyl (C=O) groups is 1. The molecule has 2 aliphatic carbocycles. The Hall–Kier alpha value is -0.240. The van der Waals surface area contributed by atoms with Crippen LogP contribution in [0.3, 0.4) is 0 Å². The number of rotatable bonds is 6. The normalized spacial score (nSPS) is 35.2. The van der Waals surface area contributed by atoms with Gasteiger partial charge in [-0.3, -0.25) is 4.79 Å². The van der Waals surface area contributed by atoms with E-state index in [1.165, 1.54) is 38.5 Å². The Balaban J connectivity index is 1.81. The van der Waals surface area contributed by atoms with Crippen molar-refractivity contribution in [3.63, 3.8) is 0 Å². The predicted octanol–water partition coefficient (Wildman–Crippen LogP) is 3.76. The lowest BCUT2D eigenvalue weighted by atomic mass is 9.83. The Morgan fingerprint density at radius 1 is 1.29 bits per heavy atom. The summed E-state index contributed by atoms with van der Waals surface area (Å²) in [6.45, 7) is 2.24. The van der Waals surface area contributed by atoms with Crippen LogP contribution in [0.4, 0.5) is 0 Å². The third-order valence-electron chi connectivity index (χ3n) is 4.46. The molecule has 0 N–H and O–H groups in total. The molecule has 3 heteroatoms. The third-order valence-corrected chi connectivity index (χ3v) is 4.68. The van der Waals surface area contributed by atoms with Crippen molar-refractivity contribution >= 4 is 17.6 Å². The fourth-order valence-electron chi connectivity index (χ4n) is 3.75. The first-order valence-electron chi connectivity index (χ1n) is 7.00. The molecule has 0 aromatic carbocycles. The van der Waals surface area contributed by atoms with Gasteiger partial charge in [0.2, 0.25) is 0 Å². The molecule has 0 radical (unpaired) electrons. The van der Waals surface area contributed by atoms with Gasteiger partial charge < -0.3 is 4.74 Å². The molecular formula is C14H23ClO2. The van der Waals surface area contributed by atoms with E-state index in [1.807, 2.05) is 0 Å². The van der Waals surface area contributed by atoms with Crippen molar-refractivity contribution in [2.75, 3.05) is 5.88 Å². The second kappa shape index (κ2) is 6.08. The molecule has 2 aliphatic rings. The van der Waals surface area contributed by atoms with Gasteiger partial charge in [0.1, 0.15) is 12.0 Å². The fraction of sp³-hybridized carbons (Fsp3) is 0.929. The number of halogens is 1. The summed E-state index contributed by atoms with van der Waals surface area (Å²) in [4.78, 5) is 11.3. The van der Waals surface area contributed by atoms with Crippen LogP contribution in [0.5, 0.6) is 0 Å². The standard InChI is InChI=1S/C14H23ClO2/c1-2-3-4-5-11-6-10-7-12(11)13(8-10)17-14(16)9-15/h10-13H,2-9H2,1H3/t10-,11-,12-,13+/m0/s1. The molecular weight excluding hydrogens is 236 g/mol. The van der Waals surface area contributed by atoms with Crippen LogP contribution in [0.15, 0.2) is 0 Å². The van der Waals surface area contributed by atoms with Crippen molar-refractivity contribution in [3.05, 3.63) is 0 Å². The fourth-order valence-corrected chi connectivity index (χ4v) is 3.81. The van der Waals surface area contributed by atoms with Crippen LogP contribution in [-0.2, 0) is 9.53 Å². The van der Waals surface area contributed by atoms with E-state index in [-0.39, 0.29) is 18.0 Å². The number of hydrogen-bond acceptors (Lipinski definition) is 2. The van der Waals surface area contributed by atoms with Gasteiger partial charge in [0.15, 0.2) is 0 Å². The van der Waals surface area contributed by atoms with E-state index < -0.39 is 0 Å². The second-order valence-electron chi connectivity index (χ2n) is 5.65. The van der Waals surface area contributed by atoms with Crippen molar-refractivity contribution in [3.8, 4) is 0 Å². The molecule has 2 bridgehead atoms. The van der Waals surface area contributed by atoms with Gasteiger partial charge >= 0.3 is 5.97 Å². The minimum Gasteiger partial charge on any atom is -0.461 e. The number of carbonyl (C=O) groups excluding carboxylic acids is 1. The minimum atomic E-state index is -0.239. The van der Waals surface area contributed by atoms with Crippen LogP contribution < -0.4 is 0 Å². The van der Waals surface area contributed by atoms with Gasteiger partial charge in [0, 0.05) is 0 Å². The van der Waals surface area contributed by atoms with E-state index in [0.29, 0.717) is 5.92 Å².